The molecule has 2 nitrogen and oxygen atoms in total. The molecule has 2 aromatic heterocycles. The van der Waals surface area contributed by atoms with E-state index in [0.717, 1.165) is 59.9 Å². The van der Waals surface area contributed by atoms with Crippen LogP contribution in [-0.2, 0) is 39.0 Å². The zero-order chi connectivity index (χ0) is 36.4. The molecule has 0 fully saturated rings. The van der Waals surface area contributed by atoms with Crippen LogP contribution >= 0.6 is 0 Å². The molecule has 3 heteroatoms. The van der Waals surface area contributed by atoms with E-state index in [2.05, 4.69) is 184 Å². The smallest absolute Gasteiger partial charge is 0.496 e. The van der Waals surface area contributed by atoms with Gasteiger partial charge in [-0.15, -0.1) is 57.9 Å². The molecule has 0 bridgehead atoms. The van der Waals surface area contributed by atoms with Crippen LogP contribution in [0.1, 0.15) is 38.2 Å². The van der Waals surface area contributed by atoms with Crippen LogP contribution in [0.3, 0.4) is 0 Å². The van der Waals surface area contributed by atoms with Gasteiger partial charge in [0, 0.05) is 12.8 Å². The van der Waals surface area contributed by atoms with Gasteiger partial charge in [0.1, 0.15) is 0 Å². The first kappa shape index (κ1) is 36.5. The van der Waals surface area contributed by atoms with Gasteiger partial charge in [-0.2, -0.15) is 0 Å². The molecule has 0 saturated carbocycles. The van der Waals surface area contributed by atoms with Crippen LogP contribution in [0.25, 0.3) is 88.0 Å². The molecule has 0 aliphatic rings. The van der Waals surface area contributed by atoms with E-state index in [4.69, 9.17) is 8.83 Å². The van der Waals surface area contributed by atoms with Crippen LogP contribution in [0, 0.1) is 0 Å². The van der Waals surface area contributed by atoms with Crippen molar-refractivity contribution in [3.8, 4) is 44.9 Å². The van der Waals surface area contributed by atoms with Crippen molar-refractivity contribution >= 4 is 43.1 Å². The standard InChI is InChI=1S/2C26H21O.Zr/c2*1-2-6-23-13-14-26(27-23)22-16-20-9-5-10-24(25(20)17-22)21-12-11-18-7-3-4-8-19(18)15-21;/h2*3-5,7-17H,2,6H2,1H3;/q2*-1;+2. The van der Waals surface area contributed by atoms with E-state index in [9.17, 15) is 0 Å². The quantitative estimate of drug-likeness (QED) is 0.143. The molecule has 10 aromatic rings. The summed E-state index contributed by atoms with van der Waals surface area (Å²) < 4.78 is 12.1. The summed E-state index contributed by atoms with van der Waals surface area (Å²) in [5.74, 6) is 4.04. The molecule has 0 radical (unpaired) electrons. The van der Waals surface area contributed by atoms with Crippen molar-refractivity contribution in [1.29, 1.82) is 0 Å². The fraction of sp³-hybridized carbons (Fsp3) is 0.115. The molecule has 0 amide bonds. The Bertz CT molecular complexity index is 2680. The van der Waals surface area contributed by atoms with Crippen molar-refractivity contribution < 1.29 is 35.0 Å². The summed E-state index contributed by atoms with van der Waals surface area (Å²) in [6, 6.07) is 60.9. The summed E-state index contributed by atoms with van der Waals surface area (Å²) in [7, 11) is 0. The van der Waals surface area contributed by atoms with Gasteiger partial charge in [-0.3, -0.25) is 0 Å². The van der Waals surface area contributed by atoms with Crippen molar-refractivity contribution in [2.24, 2.45) is 0 Å². The van der Waals surface area contributed by atoms with E-state index < -0.39 is 0 Å². The Hall–Kier alpha value is -5.50. The molecular weight excluding hydrogens is 748 g/mol. The van der Waals surface area contributed by atoms with Gasteiger partial charge in [-0.1, -0.05) is 133 Å². The summed E-state index contributed by atoms with van der Waals surface area (Å²) in [5, 5.41) is 10.1. The fourth-order valence-corrected chi connectivity index (χ4v) is 7.80. The minimum absolute atomic E-state index is 0. The SMILES string of the molecule is CCCc1ccc(-c2cc3c(-c4ccc5ccccc5c4)cccc3[cH-]2)o1.CCCc1ccc(-c2cc3c(-c4ccc5ccccc5c4)cccc3[cH-]2)o1.[Zr+2]. The molecule has 0 aliphatic carbocycles. The van der Waals surface area contributed by atoms with Crippen molar-refractivity contribution in [2.75, 3.05) is 0 Å². The van der Waals surface area contributed by atoms with E-state index in [1.54, 1.807) is 0 Å². The predicted octanol–water partition coefficient (Wildman–Crippen LogP) is 15.2. The third-order valence-corrected chi connectivity index (χ3v) is 10.5. The van der Waals surface area contributed by atoms with Crippen LogP contribution in [0.5, 0.6) is 0 Å². The Morgan fingerprint density at radius 2 is 0.855 bits per heavy atom. The molecule has 2 heterocycles. The number of aryl methyl sites for hydroxylation is 2. The summed E-state index contributed by atoms with van der Waals surface area (Å²) in [4.78, 5) is 0. The van der Waals surface area contributed by atoms with Crippen molar-refractivity contribution in [1.82, 2.24) is 0 Å². The summed E-state index contributed by atoms with van der Waals surface area (Å²) >= 11 is 0. The monoisotopic (exact) mass is 788 g/mol. The fourth-order valence-electron chi connectivity index (χ4n) is 7.80. The summed E-state index contributed by atoms with van der Waals surface area (Å²) in [6.45, 7) is 4.35. The number of hydrogen-bond donors (Lipinski definition) is 0. The summed E-state index contributed by atoms with van der Waals surface area (Å²) in [6.07, 6.45) is 4.18. The van der Waals surface area contributed by atoms with Crippen molar-refractivity contribution in [3.63, 3.8) is 0 Å². The van der Waals surface area contributed by atoms with Gasteiger partial charge in [0.05, 0.1) is 23.0 Å². The molecule has 55 heavy (non-hydrogen) atoms. The first-order valence-electron chi connectivity index (χ1n) is 19.2. The molecule has 0 aliphatic heterocycles. The Kier molecular flexibility index (Phi) is 10.7. The number of fused-ring (bicyclic) bond motifs is 4. The average molecular weight is 790 g/mol. The third kappa shape index (κ3) is 7.47. The van der Waals surface area contributed by atoms with E-state index in [-0.39, 0.29) is 26.2 Å². The number of benzene rings is 6. The van der Waals surface area contributed by atoms with Gasteiger partial charge < -0.3 is 8.83 Å². The molecule has 266 valence electrons. The molecule has 10 rings (SSSR count). The van der Waals surface area contributed by atoms with Crippen LogP contribution < -0.4 is 0 Å². The predicted molar refractivity (Wildman–Crippen MR) is 228 cm³/mol. The van der Waals surface area contributed by atoms with Gasteiger partial charge in [-0.25, -0.2) is 0 Å². The number of rotatable bonds is 8. The molecule has 0 spiro atoms. The topological polar surface area (TPSA) is 26.3 Å². The second-order valence-corrected chi connectivity index (χ2v) is 14.3. The maximum absolute atomic E-state index is 6.04. The molecule has 0 saturated heterocycles. The van der Waals surface area contributed by atoms with Gasteiger partial charge in [0.15, 0.2) is 0 Å². The molecule has 0 N–H and O–H groups in total. The zero-order valence-corrected chi connectivity index (χ0v) is 33.8. The zero-order valence-electron chi connectivity index (χ0n) is 31.3. The van der Waals surface area contributed by atoms with Crippen LogP contribution in [0.2, 0.25) is 0 Å². The molecule has 0 atom stereocenters. The number of furan rings is 2. The van der Waals surface area contributed by atoms with E-state index >= 15 is 0 Å². The van der Waals surface area contributed by atoms with Gasteiger partial charge >= 0.3 is 26.2 Å². The van der Waals surface area contributed by atoms with Gasteiger partial charge in [-0.05, 0) is 81.9 Å². The van der Waals surface area contributed by atoms with Crippen LogP contribution in [0.15, 0.2) is 179 Å². The average Bonchev–Trinajstić information content (AvgIpc) is 4.04. The largest absolute Gasteiger partial charge is 2.00 e. The van der Waals surface area contributed by atoms with Crippen molar-refractivity contribution in [3.05, 3.63) is 181 Å². The van der Waals surface area contributed by atoms with Gasteiger partial charge in [0.2, 0.25) is 0 Å². The third-order valence-electron chi connectivity index (χ3n) is 10.5. The Labute approximate surface area is 341 Å². The first-order valence-corrected chi connectivity index (χ1v) is 19.2. The van der Waals surface area contributed by atoms with E-state index in [0.29, 0.717) is 0 Å². The molecule has 8 aromatic carbocycles. The second-order valence-electron chi connectivity index (χ2n) is 14.3. The second kappa shape index (κ2) is 16.1. The Morgan fingerprint density at radius 1 is 0.418 bits per heavy atom. The summed E-state index contributed by atoms with van der Waals surface area (Å²) in [5.41, 5.74) is 7.35. The Morgan fingerprint density at radius 3 is 1.29 bits per heavy atom. The minimum atomic E-state index is 0. The van der Waals surface area contributed by atoms with Gasteiger partial charge in [0.25, 0.3) is 0 Å². The number of hydrogen-bond acceptors (Lipinski definition) is 2. The normalized spacial score (nSPS) is 11.2. The van der Waals surface area contributed by atoms with Crippen molar-refractivity contribution in [2.45, 2.75) is 39.5 Å². The molecular formula is C52H42O2Zr. The first-order chi connectivity index (χ1) is 26.6. The van der Waals surface area contributed by atoms with E-state index in [1.807, 2.05) is 0 Å². The van der Waals surface area contributed by atoms with E-state index in [1.165, 1.54) is 65.3 Å². The Balaban J connectivity index is 0.000000153. The maximum atomic E-state index is 6.04. The van der Waals surface area contributed by atoms with Crippen LogP contribution in [0.4, 0.5) is 0 Å². The minimum Gasteiger partial charge on any atom is -0.496 e. The van der Waals surface area contributed by atoms with Crippen LogP contribution in [-0.4, -0.2) is 0 Å². The molecule has 0 unspecified atom stereocenters. The maximum Gasteiger partial charge on any atom is 2.00 e.